The van der Waals surface area contributed by atoms with E-state index in [4.69, 9.17) is 11.3 Å². The van der Waals surface area contributed by atoms with Gasteiger partial charge in [0.25, 0.3) is 0 Å². The largest absolute Gasteiger partial charge is 0.382 e. The Hall–Kier alpha value is -2.07. The fourth-order valence-electron chi connectivity index (χ4n) is 0.699. The van der Waals surface area contributed by atoms with Crippen molar-refractivity contribution < 1.29 is 0 Å². The second-order valence-electron chi connectivity index (χ2n) is 2.20. The number of nitrogen functional groups attached to an aromatic ring is 1. The van der Waals surface area contributed by atoms with E-state index in [0.717, 1.165) is 0 Å². The third-order valence-electron chi connectivity index (χ3n) is 1.24. The lowest BCUT2D eigenvalue weighted by Crippen LogP contribution is -1.92. The number of aromatic nitrogens is 2. The normalized spacial score (nSPS) is 9.85. The van der Waals surface area contributed by atoms with Crippen LogP contribution in [0.15, 0.2) is 23.3 Å². The average Bonchev–Trinajstić information content (AvgIpc) is 2.15. The van der Waals surface area contributed by atoms with Crippen molar-refractivity contribution in [2.24, 2.45) is 5.11 Å². The van der Waals surface area contributed by atoms with Gasteiger partial charge in [0.15, 0.2) is 0 Å². The van der Waals surface area contributed by atoms with Gasteiger partial charge in [-0.15, -0.1) is 10.2 Å². The van der Waals surface area contributed by atoms with E-state index in [1.165, 1.54) is 0 Å². The van der Waals surface area contributed by atoms with Crippen molar-refractivity contribution in [3.05, 3.63) is 34.3 Å². The first-order valence-electron chi connectivity index (χ1n) is 3.59. The number of hydrogen-bond acceptors (Lipinski definition) is 4. The maximum Gasteiger partial charge on any atom is 0.146 e. The minimum absolute atomic E-state index is 0.308. The van der Waals surface area contributed by atoms with Crippen LogP contribution in [-0.2, 0) is 0 Å². The molecule has 0 spiro atoms. The Morgan fingerprint density at radius 2 is 2.38 bits per heavy atom. The highest BCUT2D eigenvalue weighted by molar-refractivity contribution is 5.45. The van der Waals surface area contributed by atoms with Gasteiger partial charge in [-0.25, -0.2) is 0 Å². The molecule has 0 atom stereocenters. The van der Waals surface area contributed by atoms with Gasteiger partial charge in [0.1, 0.15) is 5.82 Å². The fourth-order valence-corrected chi connectivity index (χ4v) is 0.699. The molecule has 0 unspecified atom stereocenters. The van der Waals surface area contributed by atoms with Gasteiger partial charge < -0.3 is 5.73 Å². The lowest BCUT2D eigenvalue weighted by atomic mass is 10.3. The molecule has 6 heteroatoms. The third kappa shape index (κ3) is 3.22. The summed E-state index contributed by atoms with van der Waals surface area (Å²) in [5.74, 6) is 0.382. The Morgan fingerprint density at radius 3 is 3.00 bits per heavy atom. The van der Waals surface area contributed by atoms with Gasteiger partial charge >= 0.3 is 0 Å². The molecule has 1 aromatic rings. The molecule has 1 heterocycles. The van der Waals surface area contributed by atoms with Crippen LogP contribution in [0.3, 0.4) is 0 Å². The van der Waals surface area contributed by atoms with Gasteiger partial charge in [0.2, 0.25) is 0 Å². The minimum atomic E-state index is 0.308. The maximum atomic E-state index is 7.98. The van der Waals surface area contributed by atoms with Crippen molar-refractivity contribution in [3.8, 4) is 0 Å². The van der Waals surface area contributed by atoms with Crippen molar-refractivity contribution in [1.29, 1.82) is 0 Å². The topological polar surface area (TPSA) is 101 Å². The smallest absolute Gasteiger partial charge is 0.146 e. The van der Waals surface area contributed by atoms with Crippen LogP contribution in [0.1, 0.15) is 5.69 Å². The molecule has 0 amide bonds. The molecule has 0 bridgehead atoms. The molecular weight excluding hydrogens is 168 g/mol. The highest BCUT2D eigenvalue weighted by atomic mass is 15.1. The molecule has 1 aromatic heterocycles. The molecule has 0 aliphatic heterocycles. The molecule has 0 fully saturated rings. The summed E-state index contributed by atoms with van der Waals surface area (Å²) in [6.07, 6.45) is 3.40. The molecule has 0 saturated heterocycles. The zero-order valence-electron chi connectivity index (χ0n) is 6.83. The van der Waals surface area contributed by atoms with E-state index >= 15 is 0 Å². The standard InChI is InChI=1S/C7H8N6/c8-7-4-3-6(11-12-7)2-1-5-10-13-9/h1-4H,5H2,(H2,8,12). The van der Waals surface area contributed by atoms with Crippen LogP contribution in [0, 0.1) is 0 Å². The molecule has 0 radical (unpaired) electrons. The van der Waals surface area contributed by atoms with E-state index in [2.05, 4.69) is 20.2 Å². The molecule has 13 heavy (non-hydrogen) atoms. The molecule has 66 valence electrons. The average molecular weight is 176 g/mol. The first kappa shape index (κ1) is 9.02. The number of nitrogens with two attached hydrogens (primary N) is 1. The number of azide groups is 1. The molecule has 1 rings (SSSR count). The van der Waals surface area contributed by atoms with Crippen molar-refractivity contribution in [2.45, 2.75) is 0 Å². The quantitative estimate of drug-likeness (QED) is 0.427. The molecule has 2 N–H and O–H groups in total. The highest BCUT2D eigenvalue weighted by Gasteiger charge is 1.88. The SMILES string of the molecule is [N-]=[N+]=NCC=Cc1ccc(N)nn1. The van der Waals surface area contributed by atoms with Crippen molar-refractivity contribution in [1.82, 2.24) is 10.2 Å². The van der Waals surface area contributed by atoms with Gasteiger partial charge in [-0.1, -0.05) is 11.2 Å². The van der Waals surface area contributed by atoms with E-state index < -0.39 is 0 Å². The maximum absolute atomic E-state index is 7.98. The zero-order chi connectivity index (χ0) is 9.52. The van der Waals surface area contributed by atoms with E-state index in [1.54, 1.807) is 24.3 Å². The van der Waals surface area contributed by atoms with E-state index in [-0.39, 0.29) is 0 Å². The summed E-state index contributed by atoms with van der Waals surface area (Å²) in [5.41, 5.74) is 14.0. The zero-order valence-corrected chi connectivity index (χ0v) is 6.83. The monoisotopic (exact) mass is 176 g/mol. The number of nitrogens with zero attached hydrogens (tertiary/aromatic N) is 5. The third-order valence-corrected chi connectivity index (χ3v) is 1.24. The summed E-state index contributed by atoms with van der Waals surface area (Å²) in [7, 11) is 0. The lowest BCUT2D eigenvalue weighted by molar-refractivity contribution is 1.03. The van der Waals surface area contributed by atoms with Gasteiger partial charge in [-0.3, -0.25) is 0 Å². The Labute approximate surface area is 74.7 Å². The molecule has 6 nitrogen and oxygen atoms in total. The minimum Gasteiger partial charge on any atom is -0.382 e. The summed E-state index contributed by atoms with van der Waals surface area (Å²) in [4.78, 5) is 2.60. The predicted octanol–water partition coefficient (Wildman–Crippen LogP) is 1.38. The van der Waals surface area contributed by atoms with Crippen LogP contribution in [0.2, 0.25) is 0 Å². The molecular formula is C7H8N6. The molecule has 0 aliphatic rings. The molecule has 0 aromatic carbocycles. The molecule has 0 aliphatic carbocycles. The summed E-state index contributed by atoms with van der Waals surface area (Å²) in [6, 6.07) is 3.38. The lowest BCUT2D eigenvalue weighted by Gasteiger charge is -1.90. The van der Waals surface area contributed by atoms with Crippen molar-refractivity contribution >= 4 is 11.9 Å². The van der Waals surface area contributed by atoms with Crippen LogP contribution in [0.4, 0.5) is 5.82 Å². The highest BCUT2D eigenvalue weighted by Crippen LogP contribution is 1.98. The number of anilines is 1. The van der Waals surface area contributed by atoms with E-state index in [1.807, 2.05) is 0 Å². The summed E-state index contributed by atoms with van der Waals surface area (Å²) < 4.78 is 0. The molecule has 0 saturated carbocycles. The summed E-state index contributed by atoms with van der Waals surface area (Å²) in [5, 5.41) is 10.8. The second-order valence-corrected chi connectivity index (χ2v) is 2.20. The van der Waals surface area contributed by atoms with Crippen LogP contribution >= 0.6 is 0 Å². The predicted molar refractivity (Wildman–Crippen MR) is 49.5 cm³/mol. The first-order valence-corrected chi connectivity index (χ1v) is 3.59. The van der Waals surface area contributed by atoms with Crippen LogP contribution in [0.25, 0.3) is 16.5 Å². The van der Waals surface area contributed by atoms with E-state index in [9.17, 15) is 0 Å². The Morgan fingerprint density at radius 1 is 1.54 bits per heavy atom. The fraction of sp³-hybridized carbons (Fsp3) is 0.143. The van der Waals surface area contributed by atoms with Gasteiger partial charge in [0.05, 0.1) is 5.69 Å². The Balaban J connectivity index is 2.58. The summed E-state index contributed by atoms with van der Waals surface area (Å²) in [6.45, 7) is 0.308. The number of rotatable bonds is 3. The summed E-state index contributed by atoms with van der Waals surface area (Å²) >= 11 is 0. The van der Waals surface area contributed by atoms with Gasteiger partial charge in [-0.05, 0) is 23.7 Å². The first-order chi connectivity index (χ1) is 6.33. The van der Waals surface area contributed by atoms with Crippen molar-refractivity contribution in [2.75, 3.05) is 12.3 Å². The van der Waals surface area contributed by atoms with Crippen LogP contribution < -0.4 is 5.73 Å². The Kier molecular flexibility index (Phi) is 3.29. The number of hydrogen-bond donors (Lipinski definition) is 1. The Bertz CT molecular complexity index is 335. The van der Waals surface area contributed by atoms with Gasteiger partial charge in [-0.2, -0.15) is 0 Å². The van der Waals surface area contributed by atoms with Crippen LogP contribution in [0.5, 0.6) is 0 Å². The second kappa shape index (κ2) is 4.74. The van der Waals surface area contributed by atoms with Gasteiger partial charge in [0, 0.05) is 11.5 Å². The van der Waals surface area contributed by atoms with Crippen molar-refractivity contribution in [3.63, 3.8) is 0 Å². The van der Waals surface area contributed by atoms with Crippen LogP contribution in [-0.4, -0.2) is 16.7 Å². The van der Waals surface area contributed by atoms with E-state index in [0.29, 0.717) is 18.1 Å².